The lowest BCUT2D eigenvalue weighted by Gasteiger charge is -2.12. The summed E-state index contributed by atoms with van der Waals surface area (Å²) in [6.45, 7) is 5.82. The minimum absolute atomic E-state index is 0.155. The molecule has 0 spiro atoms. The van der Waals surface area contributed by atoms with Gasteiger partial charge in [0.1, 0.15) is 0 Å². The van der Waals surface area contributed by atoms with E-state index in [9.17, 15) is 4.79 Å². The maximum atomic E-state index is 11.7. The third-order valence-electron chi connectivity index (χ3n) is 3.60. The number of rotatable bonds is 4. The van der Waals surface area contributed by atoms with Crippen molar-refractivity contribution >= 4 is 5.78 Å². The fourth-order valence-electron chi connectivity index (χ4n) is 2.41. The van der Waals surface area contributed by atoms with E-state index in [0.717, 1.165) is 24.0 Å². The molecule has 0 aliphatic heterocycles. The molecule has 2 rings (SSSR count). The number of Topliss-reactive ketones (excluding diaryl/α,β-unsaturated/α-hetero) is 1. The molecule has 0 aliphatic rings. The molecule has 0 heterocycles. The number of carbonyl (C=O) groups excluding carboxylic acids is 1. The van der Waals surface area contributed by atoms with Crippen molar-refractivity contribution in [3.8, 4) is 0 Å². The van der Waals surface area contributed by atoms with E-state index >= 15 is 0 Å². The van der Waals surface area contributed by atoms with Gasteiger partial charge in [0.05, 0.1) is 0 Å². The maximum absolute atomic E-state index is 11.7. The summed E-state index contributed by atoms with van der Waals surface area (Å²) in [7, 11) is 0. The van der Waals surface area contributed by atoms with E-state index in [1.165, 1.54) is 16.7 Å². The number of benzene rings is 2. The molecule has 0 unspecified atom stereocenters. The molecule has 1 heteroatoms. The van der Waals surface area contributed by atoms with Crippen LogP contribution in [0.3, 0.4) is 0 Å². The van der Waals surface area contributed by atoms with E-state index in [-0.39, 0.29) is 5.78 Å². The molecule has 0 fully saturated rings. The molecule has 2 aromatic rings. The first-order valence-electron chi connectivity index (χ1n) is 6.79. The lowest BCUT2D eigenvalue weighted by molar-refractivity contribution is 0.101. The van der Waals surface area contributed by atoms with E-state index in [2.05, 4.69) is 44.2 Å². The second-order valence-electron chi connectivity index (χ2n) is 5.00. The number of carbonyl (C=O) groups is 1. The molecule has 0 saturated carbocycles. The van der Waals surface area contributed by atoms with Crippen molar-refractivity contribution in [1.29, 1.82) is 0 Å². The summed E-state index contributed by atoms with van der Waals surface area (Å²) >= 11 is 0. The van der Waals surface area contributed by atoms with Gasteiger partial charge >= 0.3 is 0 Å². The summed E-state index contributed by atoms with van der Waals surface area (Å²) in [5, 5.41) is 0. The molecular formula is C18H20O. The third-order valence-corrected chi connectivity index (χ3v) is 3.60. The summed E-state index contributed by atoms with van der Waals surface area (Å²) in [4.78, 5) is 11.7. The Kier molecular flexibility index (Phi) is 4.16. The predicted molar refractivity (Wildman–Crippen MR) is 79.8 cm³/mol. The van der Waals surface area contributed by atoms with Crippen LogP contribution in [-0.4, -0.2) is 5.78 Å². The summed E-state index contributed by atoms with van der Waals surface area (Å²) in [5.74, 6) is 0.155. The number of hydrogen-bond donors (Lipinski definition) is 0. The molecule has 0 atom stereocenters. The highest BCUT2D eigenvalue weighted by Crippen LogP contribution is 2.21. The van der Waals surface area contributed by atoms with Crippen molar-refractivity contribution in [3.05, 3.63) is 70.3 Å². The molecule has 1 nitrogen and oxygen atoms in total. The van der Waals surface area contributed by atoms with Crippen LogP contribution in [0.1, 0.15) is 46.5 Å². The Morgan fingerprint density at radius 2 is 1.74 bits per heavy atom. The first-order chi connectivity index (χ1) is 9.11. The lowest BCUT2D eigenvalue weighted by Crippen LogP contribution is -2.03. The molecule has 19 heavy (non-hydrogen) atoms. The van der Waals surface area contributed by atoms with Gasteiger partial charge in [0.25, 0.3) is 0 Å². The number of ketones is 1. The molecule has 0 bridgehead atoms. The lowest BCUT2D eigenvalue weighted by atomic mass is 9.92. The van der Waals surface area contributed by atoms with Crippen LogP contribution in [0.4, 0.5) is 0 Å². The molecule has 0 N–H and O–H groups in total. The van der Waals surface area contributed by atoms with Crippen molar-refractivity contribution in [2.45, 2.75) is 33.6 Å². The Morgan fingerprint density at radius 3 is 2.32 bits per heavy atom. The Hall–Kier alpha value is -1.89. The van der Waals surface area contributed by atoms with Gasteiger partial charge in [0.2, 0.25) is 0 Å². The quantitative estimate of drug-likeness (QED) is 0.739. The van der Waals surface area contributed by atoms with Gasteiger partial charge in [-0.15, -0.1) is 0 Å². The highest BCUT2D eigenvalue weighted by atomic mass is 16.1. The van der Waals surface area contributed by atoms with E-state index in [0.29, 0.717) is 0 Å². The van der Waals surface area contributed by atoms with E-state index < -0.39 is 0 Å². The Labute approximate surface area is 115 Å². The minimum atomic E-state index is 0.155. The van der Waals surface area contributed by atoms with Crippen molar-refractivity contribution in [3.63, 3.8) is 0 Å². The molecule has 0 aliphatic carbocycles. The normalized spacial score (nSPS) is 10.5. The molecular weight excluding hydrogens is 232 g/mol. The summed E-state index contributed by atoms with van der Waals surface area (Å²) in [6, 6.07) is 14.7. The monoisotopic (exact) mass is 252 g/mol. The first kappa shape index (κ1) is 13.5. The van der Waals surface area contributed by atoms with Gasteiger partial charge in [-0.05, 0) is 55.0 Å². The first-order valence-corrected chi connectivity index (χ1v) is 6.79. The highest BCUT2D eigenvalue weighted by molar-refractivity contribution is 5.96. The summed E-state index contributed by atoms with van der Waals surface area (Å²) in [6.07, 6.45) is 1.85. The number of aryl methyl sites for hydroxylation is 1. The molecule has 2 aromatic carbocycles. The van der Waals surface area contributed by atoms with Crippen molar-refractivity contribution in [1.82, 2.24) is 0 Å². The average Bonchev–Trinajstić information content (AvgIpc) is 2.42. The van der Waals surface area contributed by atoms with Crippen molar-refractivity contribution in [2.24, 2.45) is 0 Å². The maximum Gasteiger partial charge on any atom is 0.160 e. The Bertz CT molecular complexity index is 582. The molecule has 0 aromatic heterocycles. The van der Waals surface area contributed by atoms with Gasteiger partial charge in [-0.2, -0.15) is 0 Å². The molecule has 0 amide bonds. The van der Waals surface area contributed by atoms with Crippen LogP contribution >= 0.6 is 0 Å². The summed E-state index contributed by atoms with van der Waals surface area (Å²) in [5.41, 5.74) is 5.77. The second-order valence-corrected chi connectivity index (χ2v) is 5.00. The van der Waals surface area contributed by atoms with Crippen LogP contribution in [-0.2, 0) is 12.8 Å². The van der Waals surface area contributed by atoms with Crippen LogP contribution in [0.2, 0.25) is 0 Å². The van der Waals surface area contributed by atoms with E-state index in [1.54, 1.807) is 6.92 Å². The number of hydrogen-bond acceptors (Lipinski definition) is 1. The zero-order valence-electron chi connectivity index (χ0n) is 11.9. The van der Waals surface area contributed by atoms with Gasteiger partial charge in [0, 0.05) is 5.56 Å². The third kappa shape index (κ3) is 3.11. The fraction of sp³-hybridized carbons (Fsp3) is 0.278. The van der Waals surface area contributed by atoms with Crippen LogP contribution < -0.4 is 0 Å². The predicted octanol–water partition coefficient (Wildman–Crippen LogP) is 4.35. The van der Waals surface area contributed by atoms with Gasteiger partial charge in [-0.1, -0.05) is 43.3 Å². The Morgan fingerprint density at radius 1 is 1.05 bits per heavy atom. The van der Waals surface area contributed by atoms with Gasteiger partial charge in [-0.3, -0.25) is 4.79 Å². The SMILES string of the molecule is CCc1cc(Cc2ccccc2)c(C)c(C(C)=O)c1. The highest BCUT2D eigenvalue weighted by Gasteiger charge is 2.10. The Balaban J connectivity index is 2.44. The smallest absolute Gasteiger partial charge is 0.160 e. The van der Waals surface area contributed by atoms with Gasteiger partial charge in [-0.25, -0.2) is 0 Å². The van der Waals surface area contributed by atoms with Crippen LogP contribution in [0.15, 0.2) is 42.5 Å². The molecule has 0 saturated heterocycles. The summed E-state index contributed by atoms with van der Waals surface area (Å²) < 4.78 is 0. The minimum Gasteiger partial charge on any atom is -0.295 e. The van der Waals surface area contributed by atoms with Crippen LogP contribution in [0, 0.1) is 6.92 Å². The van der Waals surface area contributed by atoms with Crippen molar-refractivity contribution < 1.29 is 4.79 Å². The van der Waals surface area contributed by atoms with Gasteiger partial charge < -0.3 is 0 Å². The standard InChI is InChI=1S/C18H20O/c1-4-15-10-17(11-16-8-6-5-7-9-16)13(2)18(12-15)14(3)19/h5-10,12H,4,11H2,1-3H3. The second kappa shape index (κ2) is 5.83. The topological polar surface area (TPSA) is 17.1 Å². The average molecular weight is 252 g/mol. The van der Waals surface area contributed by atoms with Crippen LogP contribution in [0.5, 0.6) is 0 Å². The molecule has 98 valence electrons. The van der Waals surface area contributed by atoms with E-state index in [1.807, 2.05) is 12.1 Å². The largest absolute Gasteiger partial charge is 0.295 e. The zero-order valence-corrected chi connectivity index (χ0v) is 11.9. The molecule has 0 radical (unpaired) electrons. The van der Waals surface area contributed by atoms with Gasteiger partial charge in [0.15, 0.2) is 5.78 Å². The fourth-order valence-corrected chi connectivity index (χ4v) is 2.41. The van der Waals surface area contributed by atoms with Crippen molar-refractivity contribution in [2.75, 3.05) is 0 Å². The van der Waals surface area contributed by atoms with E-state index in [4.69, 9.17) is 0 Å². The zero-order chi connectivity index (χ0) is 13.8. The van der Waals surface area contributed by atoms with Crippen LogP contribution in [0.25, 0.3) is 0 Å².